The number of Topliss-reactive ketones (excluding diaryl/α,β-unsaturated/α-hetero) is 1. The zero-order chi connectivity index (χ0) is 35.4. The SMILES string of the molecule is CCOC(=O)[C@H]1CC[C@H](OC(C(=O)Cc2cc(Cl)c(NC(=O)c3coc4ccccc34)cc2Cl)(N2CCCC2)N2C[C@H](OC)[C@H](OC)C2)CC1. The number of amides is 1. The third kappa shape index (κ3) is 7.46. The van der Waals surface area contributed by atoms with E-state index in [4.69, 9.17) is 46.6 Å². The number of hydrogen-bond acceptors (Lipinski definition) is 10. The highest BCUT2D eigenvalue weighted by Gasteiger charge is 2.56. The monoisotopic (exact) mass is 729 g/mol. The van der Waals surface area contributed by atoms with Gasteiger partial charge in [-0.05, 0) is 69.2 Å². The molecule has 6 rings (SSSR count). The van der Waals surface area contributed by atoms with Gasteiger partial charge in [0.2, 0.25) is 5.85 Å². The predicted molar refractivity (Wildman–Crippen MR) is 190 cm³/mol. The van der Waals surface area contributed by atoms with Gasteiger partial charge in [0.15, 0.2) is 5.78 Å². The number of carbonyl (C=O) groups is 3. The Hall–Kier alpha value is -3.03. The Balaban J connectivity index is 1.28. The number of furan rings is 1. The van der Waals surface area contributed by atoms with Crippen LogP contribution in [0.15, 0.2) is 47.1 Å². The van der Waals surface area contributed by atoms with E-state index in [2.05, 4.69) is 15.1 Å². The first-order chi connectivity index (χ1) is 24.2. The van der Waals surface area contributed by atoms with E-state index in [0.717, 1.165) is 12.8 Å². The average molecular weight is 731 g/mol. The normalized spacial score (nSPS) is 24.3. The second-order valence-corrected chi connectivity index (χ2v) is 14.0. The second kappa shape index (κ2) is 16.1. The van der Waals surface area contributed by atoms with E-state index >= 15 is 0 Å². The van der Waals surface area contributed by atoms with Gasteiger partial charge in [-0.15, -0.1) is 0 Å². The van der Waals surface area contributed by atoms with Gasteiger partial charge in [-0.3, -0.25) is 24.2 Å². The van der Waals surface area contributed by atoms with Crippen molar-refractivity contribution in [3.63, 3.8) is 0 Å². The number of likely N-dealkylation sites (tertiary alicyclic amines) is 2. The molecule has 2 saturated heterocycles. The van der Waals surface area contributed by atoms with Crippen LogP contribution in [-0.4, -0.2) is 98.6 Å². The van der Waals surface area contributed by atoms with Gasteiger partial charge >= 0.3 is 5.97 Å². The molecule has 11 nitrogen and oxygen atoms in total. The summed E-state index contributed by atoms with van der Waals surface area (Å²) in [6.45, 7) is 4.37. The molecule has 0 radical (unpaired) electrons. The fourth-order valence-corrected chi connectivity index (χ4v) is 8.06. The highest BCUT2D eigenvalue weighted by molar-refractivity contribution is 6.36. The van der Waals surface area contributed by atoms with Crippen LogP contribution in [0.5, 0.6) is 0 Å². The van der Waals surface area contributed by atoms with Crippen molar-refractivity contribution >= 4 is 57.5 Å². The summed E-state index contributed by atoms with van der Waals surface area (Å²) in [5.74, 6) is -2.36. The lowest BCUT2D eigenvalue weighted by Crippen LogP contribution is -2.67. The zero-order valence-electron chi connectivity index (χ0n) is 28.8. The van der Waals surface area contributed by atoms with Crippen LogP contribution in [0.1, 0.15) is 61.4 Å². The Morgan fingerprint density at radius 1 is 0.940 bits per heavy atom. The predicted octanol–water partition coefficient (Wildman–Crippen LogP) is 6.34. The number of fused-ring (bicyclic) bond motifs is 1. The third-order valence-electron chi connectivity index (χ3n) is 10.2. The number of ketones is 1. The first-order valence-corrected chi connectivity index (χ1v) is 18.1. The molecular weight excluding hydrogens is 685 g/mol. The number of nitrogens with zero attached hydrogens (tertiary/aromatic N) is 2. The number of esters is 1. The number of anilines is 1. The molecule has 1 aromatic heterocycles. The average Bonchev–Trinajstić information content (AvgIpc) is 3.90. The number of rotatable bonds is 13. The molecule has 3 aliphatic rings. The van der Waals surface area contributed by atoms with Crippen LogP contribution in [0.3, 0.4) is 0 Å². The topological polar surface area (TPSA) is 120 Å². The van der Waals surface area contributed by atoms with E-state index in [1.54, 1.807) is 32.4 Å². The highest BCUT2D eigenvalue weighted by atomic mass is 35.5. The summed E-state index contributed by atoms with van der Waals surface area (Å²) in [5, 5.41) is 4.04. The van der Waals surface area contributed by atoms with Crippen LogP contribution in [0, 0.1) is 5.92 Å². The molecule has 1 saturated carbocycles. The number of hydrogen-bond donors (Lipinski definition) is 1. The zero-order valence-corrected chi connectivity index (χ0v) is 30.3. The van der Waals surface area contributed by atoms with E-state index in [0.29, 0.717) is 86.3 Å². The van der Waals surface area contributed by atoms with Crippen LogP contribution in [0.4, 0.5) is 5.69 Å². The smallest absolute Gasteiger partial charge is 0.308 e. The van der Waals surface area contributed by atoms with Gasteiger partial charge in [-0.1, -0.05) is 41.4 Å². The van der Waals surface area contributed by atoms with Gasteiger partial charge in [0, 0.05) is 57.2 Å². The van der Waals surface area contributed by atoms with E-state index in [1.807, 2.05) is 25.1 Å². The van der Waals surface area contributed by atoms with Crippen molar-refractivity contribution in [1.82, 2.24) is 9.80 Å². The van der Waals surface area contributed by atoms with E-state index in [9.17, 15) is 14.4 Å². The number of ether oxygens (including phenoxy) is 4. The number of methoxy groups -OCH3 is 2. The van der Waals surface area contributed by atoms with Crippen LogP contribution < -0.4 is 5.32 Å². The molecule has 13 heteroatoms. The van der Waals surface area contributed by atoms with Crippen molar-refractivity contribution in [3.8, 4) is 0 Å². The van der Waals surface area contributed by atoms with Crippen molar-refractivity contribution in [2.24, 2.45) is 5.92 Å². The molecule has 50 heavy (non-hydrogen) atoms. The van der Waals surface area contributed by atoms with E-state index < -0.39 is 11.8 Å². The first kappa shape index (κ1) is 36.8. The fourth-order valence-electron chi connectivity index (χ4n) is 7.59. The summed E-state index contributed by atoms with van der Waals surface area (Å²) < 4.78 is 29.5. The number of halogens is 2. The quantitative estimate of drug-likeness (QED) is 0.200. The minimum atomic E-state index is -1.42. The maximum Gasteiger partial charge on any atom is 0.308 e. The molecule has 0 bridgehead atoms. The molecule has 1 amide bonds. The highest BCUT2D eigenvalue weighted by Crippen LogP contribution is 2.39. The van der Waals surface area contributed by atoms with Crippen molar-refractivity contribution in [3.05, 3.63) is 63.8 Å². The van der Waals surface area contributed by atoms with Gasteiger partial charge in [-0.25, -0.2) is 0 Å². The molecular formula is C37H45Cl2N3O8. The molecule has 2 aliphatic heterocycles. The van der Waals surface area contributed by atoms with Gasteiger partial charge in [0.25, 0.3) is 5.91 Å². The van der Waals surface area contributed by atoms with Gasteiger partial charge in [0.05, 0.1) is 47.1 Å². The largest absolute Gasteiger partial charge is 0.466 e. The third-order valence-corrected chi connectivity index (χ3v) is 10.9. The standard InChI is InChI=1S/C37H45Cl2N3O8/c1-4-48-36(45)23-11-13-25(14-12-23)50-37(41-15-7-8-16-41,42-20-32(46-2)33(21-42)47-3)34(43)18-24-17-29(39)30(19-28(24)38)40-35(44)27-22-49-31-10-6-5-9-26(27)31/h5-6,9-10,17,19,22-23,25,32-33H,4,7-8,11-16,18,20-21H2,1-3H3,(H,40,44)/t23-,25-,32-,33+,37?. The summed E-state index contributed by atoms with van der Waals surface area (Å²) in [7, 11) is 3.29. The lowest BCUT2D eigenvalue weighted by molar-refractivity contribution is -0.254. The van der Waals surface area contributed by atoms with E-state index in [1.165, 1.54) is 6.26 Å². The summed E-state index contributed by atoms with van der Waals surface area (Å²) in [6.07, 6.45) is 4.90. The number of para-hydroxylation sites is 1. The van der Waals surface area contributed by atoms with Crippen molar-refractivity contribution in [1.29, 1.82) is 0 Å². The number of benzene rings is 2. The van der Waals surface area contributed by atoms with Gasteiger partial charge < -0.3 is 28.7 Å². The molecule has 1 aliphatic carbocycles. The number of nitrogens with one attached hydrogen (secondary N) is 1. The van der Waals surface area contributed by atoms with Crippen LogP contribution >= 0.6 is 23.2 Å². The molecule has 3 fully saturated rings. The van der Waals surface area contributed by atoms with Gasteiger partial charge in [0.1, 0.15) is 11.8 Å². The van der Waals surface area contributed by atoms with E-state index in [-0.39, 0.29) is 52.4 Å². The summed E-state index contributed by atoms with van der Waals surface area (Å²) in [5.41, 5.74) is 1.79. The fraction of sp³-hybridized carbons (Fsp3) is 0.541. The lowest BCUT2D eigenvalue weighted by Gasteiger charge is -2.48. The molecule has 270 valence electrons. The van der Waals surface area contributed by atoms with Crippen molar-refractivity contribution < 1.29 is 37.7 Å². The van der Waals surface area contributed by atoms with Gasteiger partial charge in [-0.2, -0.15) is 0 Å². The van der Waals surface area contributed by atoms with Crippen LogP contribution in [-0.2, 0) is 35.0 Å². The van der Waals surface area contributed by atoms with Crippen molar-refractivity contribution in [2.45, 2.75) is 76.0 Å². The van der Waals surface area contributed by atoms with Crippen LogP contribution in [0.25, 0.3) is 11.0 Å². The molecule has 0 spiro atoms. The molecule has 2 aromatic carbocycles. The van der Waals surface area contributed by atoms with Crippen LogP contribution in [0.2, 0.25) is 10.0 Å². The Morgan fingerprint density at radius 2 is 1.62 bits per heavy atom. The molecule has 3 atom stereocenters. The molecule has 1 N–H and O–H groups in total. The minimum absolute atomic E-state index is 0.0698. The minimum Gasteiger partial charge on any atom is -0.466 e. The first-order valence-electron chi connectivity index (χ1n) is 17.4. The molecule has 3 heterocycles. The molecule has 1 unspecified atom stereocenters. The second-order valence-electron chi connectivity index (χ2n) is 13.2. The maximum absolute atomic E-state index is 15.0. The Morgan fingerprint density at radius 3 is 2.28 bits per heavy atom. The summed E-state index contributed by atoms with van der Waals surface area (Å²) in [4.78, 5) is 44.9. The summed E-state index contributed by atoms with van der Waals surface area (Å²) in [6, 6.07) is 10.5. The molecule has 3 aromatic rings. The maximum atomic E-state index is 15.0. The van der Waals surface area contributed by atoms with Crippen molar-refractivity contribution in [2.75, 3.05) is 52.3 Å². The summed E-state index contributed by atoms with van der Waals surface area (Å²) >= 11 is 13.6. The number of carbonyl (C=O) groups excluding carboxylic acids is 3. The Labute approximate surface area is 302 Å². The Kier molecular flexibility index (Phi) is 11.8. The Bertz CT molecular complexity index is 1670. The lowest BCUT2D eigenvalue weighted by atomic mass is 9.87.